The Hall–Kier alpha value is -3.98. The van der Waals surface area contributed by atoms with Gasteiger partial charge in [0, 0.05) is 29.4 Å². The molecule has 2 heterocycles. The lowest BCUT2D eigenvalue weighted by molar-refractivity contribution is 0.0732. The number of fused-ring (bicyclic) bond motifs is 1. The van der Waals surface area contributed by atoms with Crippen LogP contribution in [0.1, 0.15) is 32.7 Å². The van der Waals surface area contributed by atoms with Gasteiger partial charge in [0.25, 0.3) is 5.91 Å². The molecule has 0 spiro atoms. The number of ether oxygens (including phenoxy) is 3. The fourth-order valence-electron chi connectivity index (χ4n) is 3.86. The molecule has 1 aliphatic heterocycles. The molecule has 32 heavy (non-hydrogen) atoms. The summed E-state index contributed by atoms with van der Waals surface area (Å²) < 4.78 is 16.5. The van der Waals surface area contributed by atoms with Gasteiger partial charge in [0.05, 0.1) is 33.4 Å². The maximum atomic E-state index is 13.3. The zero-order valence-corrected chi connectivity index (χ0v) is 18.3. The van der Waals surface area contributed by atoms with Gasteiger partial charge < -0.3 is 19.1 Å². The van der Waals surface area contributed by atoms with Crippen LogP contribution in [-0.4, -0.2) is 43.7 Å². The minimum atomic E-state index is -0.0657. The fraction of sp³-hybridized carbons (Fsp3) is 0.231. The third kappa shape index (κ3) is 4.23. The lowest BCUT2D eigenvalue weighted by atomic mass is 9.96. The molecule has 0 atom stereocenters. The van der Waals surface area contributed by atoms with Gasteiger partial charge in [-0.25, -0.2) is 4.98 Å². The van der Waals surface area contributed by atoms with E-state index in [4.69, 9.17) is 14.2 Å². The number of carbonyl (C=O) groups is 1. The lowest BCUT2D eigenvalue weighted by Gasteiger charge is -2.31. The van der Waals surface area contributed by atoms with Gasteiger partial charge in [0.15, 0.2) is 0 Å². The van der Waals surface area contributed by atoms with E-state index in [0.717, 1.165) is 22.6 Å². The largest absolute Gasteiger partial charge is 0.496 e. The second kappa shape index (κ2) is 9.44. The van der Waals surface area contributed by atoms with E-state index in [1.807, 2.05) is 35.2 Å². The molecule has 6 nitrogen and oxygen atoms in total. The van der Waals surface area contributed by atoms with E-state index in [9.17, 15) is 4.79 Å². The van der Waals surface area contributed by atoms with Crippen molar-refractivity contribution >= 4 is 5.91 Å². The number of hydrogen-bond donors (Lipinski definition) is 0. The summed E-state index contributed by atoms with van der Waals surface area (Å²) in [7, 11) is 4.88. The highest BCUT2D eigenvalue weighted by Gasteiger charge is 2.27. The summed E-state index contributed by atoms with van der Waals surface area (Å²) in [6.45, 7) is 1.05. The predicted octanol–water partition coefficient (Wildman–Crippen LogP) is 3.71. The van der Waals surface area contributed by atoms with E-state index in [1.165, 1.54) is 0 Å². The van der Waals surface area contributed by atoms with E-state index in [-0.39, 0.29) is 5.91 Å². The van der Waals surface area contributed by atoms with E-state index in [0.29, 0.717) is 42.1 Å². The van der Waals surface area contributed by atoms with Crippen molar-refractivity contribution < 1.29 is 19.0 Å². The summed E-state index contributed by atoms with van der Waals surface area (Å²) in [6, 6.07) is 14.7. The first-order valence-electron chi connectivity index (χ1n) is 10.3. The van der Waals surface area contributed by atoms with Crippen molar-refractivity contribution in [3.05, 3.63) is 82.7 Å². The first-order valence-corrected chi connectivity index (χ1v) is 10.3. The van der Waals surface area contributed by atoms with Crippen LogP contribution in [0.4, 0.5) is 0 Å². The Morgan fingerprint density at radius 1 is 0.906 bits per heavy atom. The monoisotopic (exact) mass is 428 g/mol. The average molecular weight is 428 g/mol. The van der Waals surface area contributed by atoms with Gasteiger partial charge in [-0.2, -0.15) is 0 Å². The van der Waals surface area contributed by atoms with Crippen LogP contribution in [0.5, 0.6) is 17.2 Å². The highest BCUT2D eigenvalue weighted by atomic mass is 16.5. The number of nitrogens with zero attached hydrogens (tertiary/aromatic N) is 2. The normalized spacial score (nSPS) is 12.3. The molecule has 0 saturated carbocycles. The second-order valence-electron chi connectivity index (χ2n) is 7.28. The molecule has 0 fully saturated rings. The highest BCUT2D eigenvalue weighted by molar-refractivity contribution is 5.95. The molecule has 3 aromatic rings. The molecule has 1 aliphatic rings. The molecule has 0 saturated heterocycles. The van der Waals surface area contributed by atoms with Gasteiger partial charge in [0.1, 0.15) is 22.9 Å². The molecular formula is C26H24N2O4. The third-order valence-electron chi connectivity index (χ3n) is 5.49. The van der Waals surface area contributed by atoms with Crippen molar-refractivity contribution in [1.29, 1.82) is 0 Å². The van der Waals surface area contributed by atoms with Crippen molar-refractivity contribution in [2.45, 2.75) is 13.0 Å². The average Bonchev–Trinajstić information content (AvgIpc) is 2.86. The summed E-state index contributed by atoms with van der Waals surface area (Å²) in [4.78, 5) is 19.4. The molecule has 1 amide bonds. The number of hydrogen-bond acceptors (Lipinski definition) is 5. The predicted molar refractivity (Wildman–Crippen MR) is 121 cm³/mol. The van der Waals surface area contributed by atoms with Crippen LogP contribution in [0.25, 0.3) is 0 Å². The van der Waals surface area contributed by atoms with E-state index < -0.39 is 0 Å². The Morgan fingerprint density at radius 2 is 1.62 bits per heavy atom. The van der Waals surface area contributed by atoms with Crippen LogP contribution in [0.15, 0.2) is 54.7 Å². The Bertz CT molecular complexity index is 1200. The second-order valence-corrected chi connectivity index (χ2v) is 7.28. The third-order valence-corrected chi connectivity index (χ3v) is 5.49. The Labute approximate surface area is 187 Å². The van der Waals surface area contributed by atoms with Crippen molar-refractivity contribution in [2.24, 2.45) is 0 Å². The fourth-order valence-corrected chi connectivity index (χ4v) is 3.86. The number of carbonyl (C=O) groups excluding carboxylic acids is 1. The van der Waals surface area contributed by atoms with Gasteiger partial charge in [-0.3, -0.25) is 4.79 Å². The number of rotatable bonds is 4. The maximum absolute atomic E-state index is 13.3. The molecule has 0 unspecified atom stereocenters. The Morgan fingerprint density at radius 3 is 2.31 bits per heavy atom. The standard InChI is InChI=1S/C26H24N2O4/c1-30-23-10-8-19(16-18(23)7-9-20-6-4-5-14-27-20)26(29)28-15-13-21-22(17-28)25(32-3)12-11-24(21)31-2/h4-6,8,10-12,14,16H,13,15,17H2,1-3H3. The zero-order valence-electron chi connectivity index (χ0n) is 18.3. The lowest BCUT2D eigenvalue weighted by Crippen LogP contribution is -2.36. The molecule has 0 N–H and O–H groups in total. The van der Waals surface area contributed by atoms with Gasteiger partial charge in [0.2, 0.25) is 0 Å². The molecule has 4 rings (SSSR count). The SMILES string of the molecule is COc1ccc(C(=O)N2CCc3c(OC)ccc(OC)c3C2)cc1C#Cc1ccccn1. The van der Waals surface area contributed by atoms with Crippen LogP contribution in [-0.2, 0) is 13.0 Å². The van der Waals surface area contributed by atoms with Crippen LogP contribution in [0.2, 0.25) is 0 Å². The first-order chi connectivity index (χ1) is 15.6. The summed E-state index contributed by atoms with van der Waals surface area (Å²) in [5.74, 6) is 8.24. The molecule has 2 aromatic carbocycles. The molecule has 0 bridgehead atoms. The highest BCUT2D eigenvalue weighted by Crippen LogP contribution is 2.35. The van der Waals surface area contributed by atoms with E-state index >= 15 is 0 Å². The molecule has 0 aliphatic carbocycles. The van der Waals surface area contributed by atoms with Crippen molar-refractivity contribution in [1.82, 2.24) is 9.88 Å². The summed E-state index contributed by atoms with van der Waals surface area (Å²) in [5, 5.41) is 0. The number of amides is 1. The topological polar surface area (TPSA) is 60.9 Å². The first kappa shape index (κ1) is 21.3. The molecule has 162 valence electrons. The van der Waals surface area contributed by atoms with Crippen molar-refractivity contribution in [2.75, 3.05) is 27.9 Å². The Kier molecular flexibility index (Phi) is 6.27. The van der Waals surface area contributed by atoms with Gasteiger partial charge in [-0.1, -0.05) is 12.0 Å². The molecular weight excluding hydrogens is 404 g/mol. The van der Waals surface area contributed by atoms with Crippen molar-refractivity contribution in [3.63, 3.8) is 0 Å². The summed E-state index contributed by atoms with van der Waals surface area (Å²) in [5.41, 5.74) is 3.92. The quantitative estimate of drug-likeness (QED) is 0.593. The van der Waals surface area contributed by atoms with Gasteiger partial charge in [-0.15, -0.1) is 0 Å². The van der Waals surface area contributed by atoms with Crippen LogP contribution in [0.3, 0.4) is 0 Å². The van der Waals surface area contributed by atoms with Crippen molar-refractivity contribution in [3.8, 4) is 29.1 Å². The zero-order chi connectivity index (χ0) is 22.5. The minimum absolute atomic E-state index is 0.0657. The summed E-state index contributed by atoms with van der Waals surface area (Å²) in [6.07, 6.45) is 2.39. The Balaban J connectivity index is 1.63. The number of methoxy groups -OCH3 is 3. The molecule has 6 heteroatoms. The number of pyridine rings is 1. The van der Waals surface area contributed by atoms with Gasteiger partial charge in [-0.05, 0) is 54.8 Å². The molecule has 1 aromatic heterocycles. The summed E-state index contributed by atoms with van der Waals surface area (Å²) >= 11 is 0. The number of aromatic nitrogens is 1. The van der Waals surface area contributed by atoms with Gasteiger partial charge >= 0.3 is 0 Å². The molecule has 0 radical (unpaired) electrons. The van der Waals surface area contributed by atoms with E-state index in [2.05, 4.69) is 16.8 Å². The minimum Gasteiger partial charge on any atom is -0.496 e. The van der Waals surface area contributed by atoms with Crippen LogP contribution >= 0.6 is 0 Å². The van der Waals surface area contributed by atoms with E-state index in [1.54, 1.807) is 45.7 Å². The smallest absolute Gasteiger partial charge is 0.254 e. The van der Waals surface area contributed by atoms with Crippen LogP contribution < -0.4 is 14.2 Å². The maximum Gasteiger partial charge on any atom is 0.254 e. The number of benzene rings is 2. The van der Waals surface area contributed by atoms with Crippen LogP contribution in [0, 0.1) is 11.8 Å².